The Balaban J connectivity index is 1.86. The van der Waals surface area contributed by atoms with E-state index in [1.807, 2.05) is 0 Å². The normalized spacial score (nSPS) is 18.4. The molecule has 0 heterocycles. The minimum absolute atomic E-state index is 0.262. The molecule has 0 amide bonds. The molecule has 2 nitrogen and oxygen atoms in total. The van der Waals surface area contributed by atoms with Crippen molar-refractivity contribution in [1.82, 2.24) is 0 Å². The monoisotopic (exact) mass is 287 g/mol. The average molecular weight is 287 g/mol. The van der Waals surface area contributed by atoms with Crippen molar-refractivity contribution < 1.29 is 17.9 Å². The predicted molar refractivity (Wildman–Crippen MR) is 71.1 cm³/mol. The van der Waals surface area contributed by atoms with Crippen molar-refractivity contribution in [1.29, 1.82) is 0 Å². The molecular weight excluding hydrogens is 267 g/mol. The van der Waals surface area contributed by atoms with E-state index in [2.05, 4.69) is 0 Å². The van der Waals surface area contributed by atoms with E-state index in [0.717, 1.165) is 12.1 Å². The molecule has 2 N–H and O–H groups in total. The summed E-state index contributed by atoms with van der Waals surface area (Å²) in [7, 11) is 0. The van der Waals surface area contributed by atoms with Crippen LogP contribution in [0, 0.1) is 5.92 Å². The lowest BCUT2D eigenvalue weighted by Crippen LogP contribution is -2.20. The van der Waals surface area contributed by atoms with Gasteiger partial charge in [-0.25, -0.2) is 0 Å². The van der Waals surface area contributed by atoms with E-state index in [-0.39, 0.29) is 6.61 Å². The van der Waals surface area contributed by atoms with Crippen LogP contribution in [0.4, 0.5) is 13.2 Å². The molecule has 1 saturated carbocycles. The topological polar surface area (TPSA) is 35.2 Å². The molecule has 0 radical (unpaired) electrons. The van der Waals surface area contributed by atoms with Crippen LogP contribution in [0.25, 0.3) is 0 Å². The number of benzene rings is 1. The highest BCUT2D eigenvalue weighted by Gasteiger charge is 2.30. The summed E-state index contributed by atoms with van der Waals surface area (Å²) in [4.78, 5) is 0. The fourth-order valence-corrected chi connectivity index (χ4v) is 2.58. The molecule has 1 aromatic carbocycles. The van der Waals surface area contributed by atoms with Gasteiger partial charge in [0.1, 0.15) is 0 Å². The number of nitrogens with two attached hydrogens (primary N) is 1. The van der Waals surface area contributed by atoms with Crippen LogP contribution in [-0.2, 0) is 10.9 Å². The maximum atomic E-state index is 12.6. The van der Waals surface area contributed by atoms with Crippen LogP contribution < -0.4 is 5.73 Å². The second-order valence-corrected chi connectivity index (χ2v) is 5.42. The molecule has 0 aromatic heterocycles. The third-order valence-corrected chi connectivity index (χ3v) is 3.77. The SMILES string of the molecule is NC(COCC1CCCC1)c1cccc(C(F)(F)F)c1. The number of ether oxygens (including phenoxy) is 1. The van der Waals surface area contributed by atoms with Crippen LogP contribution in [0.1, 0.15) is 42.9 Å². The summed E-state index contributed by atoms with van der Waals surface area (Å²) in [6.45, 7) is 0.921. The predicted octanol–water partition coefficient (Wildman–Crippen LogP) is 3.91. The molecule has 1 aliphatic carbocycles. The first-order valence-corrected chi connectivity index (χ1v) is 6.97. The molecule has 20 heavy (non-hydrogen) atoms. The Kier molecular flexibility index (Phi) is 5.05. The molecule has 0 bridgehead atoms. The zero-order valence-electron chi connectivity index (χ0n) is 11.3. The molecule has 0 spiro atoms. The standard InChI is InChI=1S/C15H20F3NO/c16-15(17,18)13-7-3-6-12(8-13)14(19)10-20-9-11-4-1-2-5-11/h3,6-8,11,14H,1-2,4-5,9-10,19H2. The van der Waals surface area contributed by atoms with Crippen molar-refractivity contribution in [3.8, 4) is 0 Å². The Hall–Kier alpha value is -1.07. The highest BCUT2D eigenvalue weighted by atomic mass is 19.4. The third kappa shape index (κ3) is 4.21. The zero-order valence-corrected chi connectivity index (χ0v) is 11.3. The second kappa shape index (κ2) is 6.59. The van der Waals surface area contributed by atoms with Gasteiger partial charge in [0.25, 0.3) is 0 Å². The van der Waals surface area contributed by atoms with Gasteiger partial charge in [0.05, 0.1) is 18.2 Å². The third-order valence-electron chi connectivity index (χ3n) is 3.77. The van der Waals surface area contributed by atoms with Crippen LogP contribution in [-0.4, -0.2) is 13.2 Å². The quantitative estimate of drug-likeness (QED) is 0.891. The molecule has 1 fully saturated rings. The first kappa shape index (κ1) is 15.3. The number of rotatable bonds is 5. The molecule has 1 aromatic rings. The minimum Gasteiger partial charge on any atom is -0.379 e. The summed E-state index contributed by atoms with van der Waals surface area (Å²) < 4.78 is 43.4. The van der Waals surface area contributed by atoms with Gasteiger partial charge in [-0.2, -0.15) is 13.2 Å². The molecule has 0 saturated heterocycles. The fraction of sp³-hybridized carbons (Fsp3) is 0.600. The summed E-state index contributed by atoms with van der Waals surface area (Å²) in [5.74, 6) is 0.587. The van der Waals surface area contributed by atoms with E-state index in [1.165, 1.54) is 31.7 Å². The largest absolute Gasteiger partial charge is 0.416 e. The van der Waals surface area contributed by atoms with Gasteiger partial charge in [-0.3, -0.25) is 0 Å². The molecule has 112 valence electrons. The van der Waals surface area contributed by atoms with E-state index < -0.39 is 17.8 Å². The molecular formula is C15H20F3NO. The van der Waals surface area contributed by atoms with Crippen LogP contribution in [0.15, 0.2) is 24.3 Å². The fourth-order valence-electron chi connectivity index (χ4n) is 2.58. The molecule has 5 heteroatoms. The Labute approximate surface area is 117 Å². The Morgan fingerprint density at radius 3 is 2.60 bits per heavy atom. The van der Waals surface area contributed by atoms with Gasteiger partial charge in [0.15, 0.2) is 0 Å². The molecule has 0 aliphatic heterocycles. The van der Waals surface area contributed by atoms with Gasteiger partial charge < -0.3 is 10.5 Å². The van der Waals surface area contributed by atoms with Gasteiger partial charge >= 0.3 is 6.18 Å². The summed E-state index contributed by atoms with van der Waals surface area (Å²) in [5.41, 5.74) is 5.70. The van der Waals surface area contributed by atoms with Crippen molar-refractivity contribution >= 4 is 0 Å². The Morgan fingerprint density at radius 1 is 1.25 bits per heavy atom. The molecule has 1 unspecified atom stereocenters. The smallest absolute Gasteiger partial charge is 0.379 e. The maximum Gasteiger partial charge on any atom is 0.416 e. The summed E-state index contributed by atoms with van der Waals surface area (Å²) in [5, 5.41) is 0. The van der Waals surface area contributed by atoms with E-state index in [1.54, 1.807) is 6.07 Å². The molecule has 1 atom stereocenters. The van der Waals surface area contributed by atoms with Crippen LogP contribution in [0.2, 0.25) is 0 Å². The van der Waals surface area contributed by atoms with Crippen molar-refractivity contribution in [2.45, 2.75) is 37.9 Å². The van der Waals surface area contributed by atoms with Crippen molar-refractivity contribution in [3.63, 3.8) is 0 Å². The van der Waals surface area contributed by atoms with Gasteiger partial charge in [-0.1, -0.05) is 25.0 Å². The number of hydrogen-bond donors (Lipinski definition) is 1. The van der Waals surface area contributed by atoms with E-state index >= 15 is 0 Å². The number of alkyl halides is 3. The first-order chi connectivity index (χ1) is 9.47. The zero-order chi connectivity index (χ0) is 14.6. The van der Waals surface area contributed by atoms with E-state index in [9.17, 15) is 13.2 Å². The lowest BCUT2D eigenvalue weighted by atomic mass is 10.0. The second-order valence-electron chi connectivity index (χ2n) is 5.42. The summed E-state index contributed by atoms with van der Waals surface area (Å²) >= 11 is 0. The highest BCUT2D eigenvalue weighted by molar-refractivity contribution is 5.27. The maximum absolute atomic E-state index is 12.6. The molecule has 2 rings (SSSR count). The van der Waals surface area contributed by atoms with Crippen LogP contribution >= 0.6 is 0 Å². The lowest BCUT2D eigenvalue weighted by Gasteiger charge is -2.16. The Morgan fingerprint density at radius 2 is 1.95 bits per heavy atom. The van der Waals surface area contributed by atoms with Gasteiger partial charge in [-0.15, -0.1) is 0 Å². The number of halogens is 3. The van der Waals surface area contributed by atoms with Gasteiger partial charge in [-0.05, 0) is 36.5 Å². The highest BCUT2D eigenvalue weighted by Crippen LogP contribution is 2.30. The van der Waals surface area contributed by atoms with E-state index in [0.29, 0.717) is 18.1 Å². The minimum atomic E-state index is -4.33. The van der Waals surface area contributed by atoms with Gasteiger partial charge in [0, 0.05) is 6.61 Å². The first-order valence-electron chi connectivity index (χ1n) is 6.97. The van der Waals surface area contributed by atoms with Crippen LogP contribution in [0.3, 0.4) is 0 Å². The Bertz CT molecular complexity index is 427. The average Bonchev–Trinajstić information content (AvgIpc) is 2.91. The van der Waals surface area contributed by atoms with Crippen molar-refractivity contribution in [2.75, 3.05) is 13.2 Å². The van der Waals surface area contributed by atoms with Crippen LogP contribution in [0.5, 0.6) is 0 Å². The lowest BCUT2D eigenvalue weighted by molar-refractivity contribution is -0.137. The summed E-state index contributed by atoms with van der Waals surface area (Å²) in [6, 6.07) is 4.63. The van der Waals surface area contributed by atoms with E-state index in [4.69, 9.17) is 10.5 Å². The van der Waals surface area contributed by atoms with Crippen molar-refractivity contribution in [3.05, 3.63) is 35.4 Å². The number of hydrogen-bond acceptors (Lipinski definition) is 2. The van der Waals surface area contributed by atoms with Gasteiger partial charge in [0.2, 0.25) is 0 Å². The molecule has 1 aliphatic rings. The van der Waals surface area contributed by atoms with Crippen molar-refractivity contribution in [2.24, 2.45) is 11.7 Å². The summed E-state index contributed by atoms with van der Waals surface area (Å²) in [6.07, 6.45) is 0.513.